The largest absolute Gasteiger partial charge is 0.449 e. The van der Waals surface area contributed by atoms with Gasteiger partial charge in [0.25, 0.3) is 0 Å². The van der Waals surface area contributed by atoms with E-state index in [0.717, 1.165) is 18.2 Å². The number of hydrogen-bond acceptors (Lipinski definition) is 5. The molecule has 3 rings (SSSR count). The molecule has 0 unspecified atom stereocenters. The van der Waals surface area contributed by atoms with Crippen molar-refractivity contribution in [2.75, 3.05) is 32.8 Å². The van der Waals surface area contributed by atoms with E-state index in [2.05, 4.69) is 0 Å². The molecule has 2 aromatic carbocycles. The Morgan fingerprint density at radius 2 is 1.62 bits per heavy atom. The zero-order valence-electron chi connectivity index (χ0n) is 18.7. The molecule has 0 N–H and O–H groups in total. The van der Waals surface area contributed by atoms with Crippen molar-refractivity contribution in [1.82, 2.24) is 9.80 Å². The van der Waals surface area contributed by atoms with Crippen molar-refractivity contribution < 1.29 is 31.5 Å². The molecular weight excluding hydrogens is 490 g/mol. The minimum Gasteiger partial charge on any atom is -0.449 e. The average Bonchev–Trinajstić information content (AvgIpc) is 2.80. The van der Waals surface area contributed by atoms with Crippen LogP contribution in [0.1, 0.15) is 24.7 Å². The van der Waals surface area contributed by atoms with E-state index in [1.807, 2.05) is 0 Å². The summed E-state index contributed by atoms with van der Waals surface area (Å²) in [5.74, 6) is -2.68. The normalized spacial score (nSPS) is 16.1. The van der Waals surface area contributed by atoms with Gasteiger partial charge in [-0.2, -0.15) is 0 Å². The number of ether oxygens (including phenoxy) is 1. The Kier molecular flexibility index (Phi) is 8.14. The fourth-order valence-electron chi connectivity index (χ4n) is 3.87. The van der Waals surface area contributed by atoms with E-state index >= 15 is 0 Å². The van der Waals surface area contributed by atoms with Gasteiger partial charge < -0.3 is 14.5 Å². The van der Waals surface area contributed by atoms with Crippen molar-refractivity contribution in [2.45, 2.75) is 24.0 Å². The molecular formula is C23H25ClF2N2O5S. The first-order chi connectivity index (χ1) is 16.0. The summed E-state index contributed by atoms with van der Waals surface area (Å²) in [6, 6.07) is 7.95. The highest BCUT2D eigenvalue weighted by molar-refractivity contribution is 7.91. The molecule has 2 amide bonds. The zero-order valence-corrected chi connectivity index (χ0v) is 20.3. The van der Waals surface area contributed by atoms with Crippen molar-refractivity contribution >= 4 is 33.4 Å². The van der Waals surface area contributed by atoms with Gasteiger partial charge in [-0.25, -0.2) is 22.0 Å². The van der Waals surface area contributed by atoms with Gasteiger partial charge in [-0.05, 0) is 42.5 Å². The molecule has 184 valence electrons. The third-order valence-electron chi connectivity index (χ3n) is 5.71. The average molecular weight is 515 g/mol. The summed E-state index contributed by atoms with van der Waals surface area (Å²) in [5.41, 5.74) is -0.353. The lowest BCUT2D eigenvalue weighted by atomic mass is 10.0. The van der Waals surface area contributed by atoms with Crippen LogP contribution >= 0.6 is 11.6 Å². The van der Waals surface area contributed by atoms with Gasteiger partial charge in [-0.15, -0.1) is 0 Å². The summed E-state index contributed by atoms with van der Waals surface area (Å²) in [6.45, 7) is 3.87. The van der Waals surface area contributed by atoms with E-state index < -0.39 is 38.7 Å². The van der Waals surface area contributed by atoms with Crippen LogP contribution in [0, 0.1) is 17.6 Å². The van der Waals surface area contributed by atoms with E-state index in [0.29, 0.717) is 18.1 Å². The van der Waals surface area contributed by atoms with Crippen LogP contribution in [0.5, 0.6) is 0 Å². The van der Waals surface area contributed by atoms with Crippen LogP contribution in [0.3, 0.4) is 0 Å². The summed E-state index contributed by atoms with van der Waals surface area (Å²) in [5, 5.41) is -1.20. The molecule has 0 aliphatic carbocycles. The highest BCUT2D eigenvalue weighted by Gasteiger charge is 2.37. The molecule has 0 aromatic heterocycles. The summed E-state index contributed by atoms with van der Waals surface area (Å²) >= 11 is 5.86. The van der Waals surface area contributed by atoms with Crippen LogP contribution in [0.4, 0.5) is 13.6 Å². The van der Waals surface area contributed by atoms with E-state index in [9.17, 15) is 26.8 Å². The van der Waals surface area contributed by atoms with Crippen LogP contribution in [0.2, 0.25) is 5.02 Å². The molecule has 2 atom stereocenters. The number of rotatable bonds is 6. The molecule has 1 heterocycles. The summed E-state index contributed by atoms with van der Waals surface area (Å²) < 4.78 is 60.9. The first-order valence-corrected chi connectivity index (χ1v) is 12.5. The molecule has 0 spiro atoms. The number of halogens is 3. The minimum atomic E-state index is -4.21. The second-order valence-electron chi connectivity index (χ2n) is 8.13. The monoisotopic (exact) mass is 514 g/mol. The second kappa shape index (κ2) is 10.7. The SMILES string of the molecule is CC(=O)N1CCN(C(=O)OC[C@H](C)[C@@H](c2cc(F)ccc2F)S(=O)(=O)c2ccc(Cl)cc2)CC1. The van der Waals surface area contributed by atoms with Crippen molar-refractivity contribution in [3.05, 3.63) is 64.7 Å². The second-order valence-corrected chi connectivity index (χ2v) is 10.6. The van der Waals surface area contributed by atoms with Gasteiger partial charge in [-0.3, -0.25) is 4.79 Å². The fourth-order valence-corrected chi connectivity index (χ4v) is 6.01. The number of benzene rings is 2. The number of sulfone groups is 1. The quantitative estimate of drug-likeness (QED) is 0.580. The number of amides is 2. The molecule has 1 aliphatic rings. The molecule has 0 saturated carbocycles. The molecule has 11 heteroatoms. The standard InChI is InChI=1S/C23H25ClF2N2O5S/c1-15(14-33-23(30)28-11-9-27(10-12-28)16(2)29)22(20-13-18(25)5-8-21(20)26)34(31,32)19-6-3-17(24)4-7-19/h3-8,13,15,22H,9-12,14H2,1-2H3/t15-,22-/m0/s1. The van der Waals surface area contributed by atoms with Crippen molar-refractivity contribution in [1.29, 1.82) is 0 Å². The van der Waals surface area contributed by atoms with E-state index in [1.165, 1.54) is 43.0 Å². The number of hydrogen-bond donors (Lipinski definition) is 0. The predicted molar refractivity (Wildman–Crippen MR) is 122 cm³/mol. The lowest BCUT2D eigenvalue weighted by Crippen LogP contribution is -2.50. The van der Waals surface area contributed by atoms with Gasteiger partial charge in [-0.1, -0.05) is 18.5 Å². The Bertz CT molecular complexity index is 1150. The van der Waals surface area contributed by atoms with Crippen LogP contribution < -0.4 is 0 Å². The van der Waals surface area contributed by atoms with Gasteiger partial charge in [0.1, 0.15) is 11.6 Å². The number of nitrogens with zero attached hydrogens (tertiary/aromatic N) is 2. The molecule has 34 heavy (non-hydrogen) atoms. The van der Waals surface area contributed by atoms with Crippen LogP contribution in [0.15, 0.2) is 47.4 Å². The minimum absolute atomic E-state index is 0.0889. The van der Waals surface area contributed by atoms with Crippen LogP contribution in [0.25, 0.3) is 0 Å². The summed E-state index contributed by atoms with van der Waals surface area (Å²) in [7, 11) is -4.21. The topological polar surface area (TPSA) is 84.0 Å². The van der Waals surface area contributed by atoms with Crippen LogP contribution in [-0.4, -0.2) is 63.0 Å². The maximum absolute atomic E-state index is 14.7. The maximum Gasteiger partial charge on any atom is 0.409 e. The maximum atomic E-state index is 14.7. The smallest absolute Gasteiger partial charge is 0.409 e. The molecule has 1 fully saturated rings. The Morgan fingerprint density at radius 1 is 1.03 bits per heavy atom. The Morgan fingerprint density at radius 3 is 2.21 bits per heavy atom. The highest BCUT2D eigenvalue weighted by atomic mass is 35.5. The highest BCUT2D eigenvalue weighted by Crippen LogP contribution is 2.37. The number of carbonyl (C=O) groups excluding carboxylic acids is 2. The summed E-state index contributed by atoms with van der Waals surface area (Å²) in [4.78, 5) is 26.9. The van der Waals surface area contributed by atoms with Crippen molar-refractivity contribution in [2.24, 2.45) is 5.92 Å². The van der Waals surface area contributed by atoms with Crippen molar-refractivity contribution in [3.63, 3.8) is 0 Å². The molecule has 7 nitrogen and oxygen atoms in total. The van der Waals surface area contributed by atoms with Gasteiger partial charge in [0.2, 0.25) is 5.91 Å². The van der Waals surface area contributed by atoms with Crippen molar-refractivity contribution in [3.8, 4) is 0 Å². The molecule has 1 aliphatic heterocycles. The molecule has 0 bridgehead atoms. The number of piperazine rings is 1. The lowest BCUT2D eigenvalue weighted by molar-refractivity contribution is -0.130. The first-order valence-electron chi connectivity index (χ1n) is 10.6. The lowest BCUT2D eigenvalue weighted by Gasteiger charge is -2.34. The zero-order chi connectivity index (χ0) is 25.0. The van der Waals surface area contributed by atoms with Gasteiger partial charge in [0.05, 0.1) is 16.8 Å². The van der Waals surface area contributed by atoms with Gasteiger partial charge in [0.15, 0.2) is 9.84 Å². The van der Waals surface area contributed by atoms with Gasteiger partial charge in [0, 0.05) is 49.6 Å². The third kappa shape index (κ3) is 5.85. The van der Waals surface area contributed by atoms with E-state index in [-0.39, 0.29) is 36.1 Å². The predicted octanol–water partition coefficient (Wildman–Crippen LogP) is 4.07. The Hall–Kier alpha value is -2.72. The molecule has 2 aromatic rings. The molecule has 0 radical (unpaired) electrons. The third-order valence-corrected chi connectivity index (χ3v) is 8.28. The van der Waals surface area contributed by atoms with Crippen LogP contribution in [-0.2, 0) is 19.4 Å². The Labute approximate surface area is 202 Å². The van der Waals surface area contributed by atoms with Gasteiger partial charge >= 0.3 is 6.09 Å². The molecule has 1 saturated heterocycles. The number of carbonyl (C=O) groups is 2. The van der Waals surface area contributed by atoms with E-state index in [4.69, 9.17) is 16.3 Å². The summed E-state index contributed by atoms with van der Waals surface area (Å²) in [6.07, 6.45) is -0.669. The first kappa shape index (κ1) is 25.9. The Balaban J connectivity index is 1.82. The van der Waals surface area contributed by atoms with E-state index in [1.54, 1.807) is 4.90 Å². The fraction of sp³-hybridized carbons (Fsp3) is 0.391.